The van der Waals surface area contributed by atoms with Crippen LogP contribution in [0.4, 0.5) is 0 Å². The molecule has 1 atom stereocenters. The highest BCUT2D eigenvalue weighted by Gasteiger charge is 2.16. The summed E-state index contributed by atoms with van der Waals surface area (Å²) in [6.07, 6.45) is 0.762. The highest BCUT2D eigenvalue weighted by Crippen LogP contribution is 2.16. The topological polar surface area (TPSA) is 51.2 Å². The Morgan fingerprint density at radius 2 is 2.24 bits per heavy atom. The van der Waals surface area contributed by atoms with Gasteiger partial charge in [-0.1, -0.05) is 30.1 Å². The second kappa shape index (κ2) is 6.79. The molecule has 0 aromatic carbocycles. The molecule has 4 nitrogen and oxygen atoms in total. The molecular weight excluding hydrogens is 263 g/mol. The lowest BCUT2D eigenvalue weighted by molar-refractivity contribution is 0.0890. The largest absolute Gasteiger partial charge is 0.383 e. The van der Waals surface area contributed by atoms with E-state index in [0.29, 0.717) is 6.61 Å². The van der Waals surface area contributed by atoms with E-state index in [2.05, 4.69) is 10.3 Å². The van der Waals surface area contributed by atoms with Crippen molar-refractivity contribution in [2.75, 3.05) is 13.7 Å². The second-order valence-electron chi connectivity index (χ2n) is 3.50. The number of amides is 1. The van der Waals surface area contributed by atoms with E-state index in [-0.39, 0.29) is 27.8 Å². The van der Waals surface area contributed by atoms with E-state index in [9.17, 15) is 4.79 Å². The number of hydrogen-bond acceptors (Lipinski definition) is 3. The third kappa shape index (κ3) is 4.15. The summed E-state index contributed by atoms with van der Waals surface area (Å²) in [5.74, 6) is -0.346. The van der Waals surface area contributed by atoms with E-state index in [0.717, 1.165) is 6.42 Å². The van der Waals surface area contributed by atoms with Crippen molar-refractivity contribution < 1.29 is 9.53 Å². The van der Waals surface area contributed by atoms with Gasteiger partial charge in [0.25, 0.3) is 5.91 Å². The van der Waals surface area contributed by atoms with Crippen LogP contribution in [-0.4, -0.2) is 30.6 Å². The predicted molar refractivity (Wildman–Crippen MR) is 67.7 cm³/mol. The van der Waals surface area contributed by atoms with Gasteiger partial charge in [0, 0.05) is 7.11 Å². The van der Waals surface area contributed by atoms with Gasteiger partial charge in [-0.15, -0.1) is 0 Å². The van der Waals surface area contributed by atoms with E-state index in [1.54, 1.807) is 13.2 Å². The zero-order valence-electron chi connectivity index (χ0n) is 9.67. The number of hydrogen-bond donors (Lipinski definition) is 1. The minimum absolute atomic E-state index is 0.0654. The van der Waals surface area contributed by atoms with Crippen LogP contribution >= 0.6 is 23.2 Å². The van der Waals surface area contributed by atoms with Gasteiger partial charge in [-0.2, -0.15) is 0 Å². The van der Waals surface area contributed by atoms with Gasteiger partial charge in [0.2, 0.25) is 0 Å². The number of aromatic nitrogens is 1. The molecule has 17 heavy (non-hydrogen) atoms. The smallest absolute Gasteiger partial charge is 0.271 e. The minimum Gasteiger partial charge on any atom is -0.383 e. The van der Waals surface area contributed by atoms with Crippen LogP contribution < -0.4 is 5.32 Å². The Morgan fingerprint density at radius 3 is 2.82 bits per heavy atom. The number of methoxy groups -OCH3 is 1. The van der Waals surface area contributed by atoms with Crippen molar-refractivity contribution in [1.29, 1.82) is 0 Å². The summed E-state index contributed by atoms with van der Waals surface area (Å²) in [5, 5.41) is 3.29. The summed E-state index contributed by atoms with van der Waals surface area (Å²) in [6.45, 7) is 2.40. The number of nitrogens with zero attached hydrogens (tertiary/aromatic N) is 1. The number of carbonyl (C=O) groups is 1. The summed E-state index contributed by atoms with van der Waals surface area (Å²) in [4.78, 5) is 15.8. The molecule has 1 N–H and O–H groups in total. The number of nitrogens with one attached hydrogen (secondary N) is 1. The van der Waals surface area contributed by atoms with Crippen LogP contribution in [0.1, 0.15) is 23.8 Å². The molecule has 0 aliphatic heterocycles. The third-order valence-electron chi connectivity index (χ3n) is 2.22. The van der Waals surface area contributed by atoms with Crippen LogP contribution in [0.3, 0.4) is 0 Å². The molecule has 6 heteroatoms. The highest BCUT2D eigenvalue weighted by atomic mass is 35.5. The van der Waals surface area contributed by atoms with E-state index < -0.39 is 0 Å². The molecule has 1 aromatic heterocycles. The summed E-state index contributed by atoms with van der Waals surface area (Å²) < 4.78 is 4.99. The molecule has 1 amide bonds. The lowest BCUT2D eigenvalue weighted by Gasteiger charge is -2.15. The SMILES string of the molecule is CCC(COC)NC(=O)c1nc(Cl)ccc1Cl. The van der Waals surface area contributed by atoms with Crippen molar-refractivity contribution in [3.8, 4) is 0 Å². The fourth-order valence-electron chi connectivity index (χ4n) is 1.29. The van der Waals surface area contributed by atoms with Gasteiger partial charge in [-0.25, -0.2) is 4.98 Å². The maximum atomic E-state index is 11.9. The average Bonchev–Trinajstić information content (AvgIpc) is 2.31. The van der Waals surface area contributed by atoms with Gasteiger partial charge < -0.3 is 10.1 Å². The van der Waals surface area contributed by atoms with Crippen molar-refractivity contribution in [3.63, 3.8) is 0 Å². The van der Waals surface area contributed by atoms with Crippen LogP contribution in [0.5, 0.6) is 0 Å². The Kier molecular flexibility index (Phi) is 5.68. The Morgan fingerprint density at radius 1 is 1.53 bits per heavy atom. The van der Waals surface area contributed by atoms with E-state index in [1.807, 2.05) is 6.92 Å². The highest BCUT2D eigenvalue weighted by molar-refractivity contribution is 6.34. The lowest BCUT2D eigenvalue weighted by Crippen LogP contribution is -2.38. The standard InChI is InChI=1S/C11H14Cl2N2O2/c1-3-7(6-17-2)14-11(16)10-8(12)4-5-9(13)15-10/h4-5,7H,3,6H2,1-2H3,(H,14,16). The third-order valence-corrected chi connectivity index (χ3v) is 2.74. The summed E-state index contributed by atoms with van der Waals surface area (Å²) in [6, 6.07) is 3.01. The maximum Gasteiger partial charge on any atom is 0.271 e. The number of carbonyl (C=O) groups excluding carboxylic acids is 1. The maximum absolute atomic E-state index is 11.9. The van der Waals surface area contributed by atoms with Crippen LogP contribution in [0.25, 0.3) is 0 Å². The van der Waals surface area contributed by atoms with Gasteiger partial charge >= 0.3 is 0 Å². The quantitative estimate of drug-likeness (QED) is 0.841. The van der Waals surface area contributed by atoms with E-state index in [4.69, 9.17) is 27.9 Å². The van der Waals surface area contributed by atoms with Crippen LogP contribution in [0.15, 0.2) is 12.1 Å². The molecule has 0 aliphatic rings. The molecule has 0 fully saturated rings. The lowest BCUT2D eigenvalue weighted by atomic mass is 10.2. The molecule has 0 aliphatic carbocycles. The van der Waals surface area contributed by atoms with E-state index in [1.165, 1.54) is 6.07 Å². The van der Waals surface area contributed by atoms with Gasteiger partial charge in [-0.05, 0) is 18.6 Å². The molecule has 0 bridgehead atoms. The van der Waals surface area contributed by atoms with Crippen molar-refractivity contribution in [3.05, 3.63) is 28.0 Å². The van der Waals surface area contributed by atoms with Crippen LogP contribution in [-0.2, 0) is 4.74 Å². The van der Waals surface area contributed by atoms with E-state index >= 15 is 0 Å². The average molecular weight is 277 g/mol. The number of halogens is 2. The van der Waals surface area contributed by atoms with Crippen molar-refractivity contribution in [2.45, 2.75) is 19.4 Å². The number of rotatable bonds is 5. The molecule has 1 rings (SSSR count). The molecular formula is C11H14Cl2N2O2. The van der Waals surface area contributed by atoms with Crippen LogP contribution in [0.2, 0.25) is 10.2 Å². The fraction of sp³-hybridized carbons (Fsp3) is 0.455. The predicted octanol–water partition coefficient (Wildman–Crippen LogP) is 2.54. The Bertz CT molecular complexity index is 399. The van der Waals surface area contributed by atoms with Crippen molar-refractivity contribution >= 4 is 29.1 Å². The van der Waals surface area contributed by atoms with Gasteiger partial charge in [0.15, 0.2) is 0 Å². The normalized spacial score (nSPS) is 12.2. The summed E-state index contributed by atoms with van der Waals surface area (Å²) >= 11 is 11.6. The molecule has 0 spiro atoms. The van der Waals surface area contributed by atoms with Crippen molar-refractivity contribution in [1.82, 2.24) is 10.3 Å². The van der Waals surface area contributed by atoms with Gasteiger partial charge in [0.05, 0.1) is 17.7 Å². The Balaban J connectivity index is 2.78. The molecule has 1 heterocycles. The number of pyridine rings is 1. The first kappa shape index (κ1) is 14.2. The van der Waals surface area contributed by atoms with Crippen molar-refractivity contribution in [2.24, 2.45) is 0 Å². The number of ether oxygens (including phenoxy) is 1. The first-order valence-electron chi connectivity index (χ1n) is 5.20. The monoisotopic (exact) mass is 276 g/mol. The molecule has 1 unspecified atom stereocenters. The zero-order chi connectivity index (χ0) is 12.8. The second-order valence-corrected chi connectivity index (χ2v) is 4.29. The molecule has 0 radical (unpaired) electrons. The molecule has 0 saturated heterocycles. The fourth-order valence-corrected chi connectivity index (χ4v) is 1.63. The first-order valence-corrected chi connectivity index (χ1v) is 5.96. The summed E-state index contributed by atoms with van der Waals surface area (Å²) in [5.41, 5.74) is 0.133. The Hall–Kier alpha value is -0.840. The Labute approximate surface area is 110 Å². The zero-order valence-corrected chi connectivity index (χ0v) is 11.2. The van der Waals surface area contributed by atoms with Crippen LogP contribution in [0, 0.1) is 0 Å². The molecule has 1 aromatic rings. The molecule has 94 valence electrons. The van der Waals surface area contributed by atoms with Gasteiger partial charge in [-0.3, -0.25) is 4.79 Å². The molecule has 0 saturated carbocycles. The first-order chi connectivity index (χ1) is 8.08. The van der Waals surface area contributed by atoms with Gasteiger partial charge in [0.1, 0.15) is 10.8 Å². The summed E-state index contributed by atoms with van der Waals surface area (Å²) in [7, 11) is 1.58. The minimum atomic E-state index is -0.346.